The van der Waals surface area contributed by atoms with Gasteiger partial charge in [0.15, 0.2) is 0 Å². The molecule has 0 unspecified atom stereocenters. The molecule has 2 saturated carbocycles. The highest BCUT2D eigenvalue weighted by atomic mass is 16.5. The third kappa shape index (κ3) is 3.97. The lowest BCUT2D eigenvalue weighted by atomic mass is 9.80. The van der Waals surface area contributed by atoms with E-state index in [-0.39, 0.29) is 29.8 Å². The van der Waals surface area contributed by atoms with Crippen molar-refractivity contribution >= 4 is 11.9 Å². The van der Waals surface area contributed by atoms with E-state index in [9.17, 15) is 9.59 Å². The van der Waals surface area contributed by atoms with Gasteiger partial charge in [-0.05, 0) is 56.8 Å². The molecule has 0 radical (unpaired) electrons. The summed E-state index contributed by atoms with van der Waals surface area (Å²) in [7, 11) is 0. The van der Waals surface area contributed by atoms with Crippen molar-refractivity contribution in [3.05, 3.63) is 0 Å². The topological polar surface area (TPSA) is 69.4 Å². The van der Waals surface area contributed by atoms with Crippen LogP contribution >= 0.6 is 0 Å². The Labute approximate surface area is 121 Å². The van der Waals surface area contributed by atoms with Crippen LogP contribution in [0.5, 0.6) is 0 Å². The maximum Gasteiger partial charge on any atom is 0.309 e. The van der Waals surface area contributed by atoms with Crippen molar-refractivity contribution in [2.45, 2.75) is 64.9 Å². The van der Waals surface area contributed by atoms with Gasteiger partial charge >= 0.3 is 5.97 Å². The molecule has 4 nitrogen and oxygen atoms in total. The van der Waals surface area contributed by atoms with Crippen LogP contribution in [0.4, 0.5) is 0 Å². The van der Waals surface area contributed by atoms with Gasteiger partial charge in [0, 0.05) is 5.92 Å². The average Bonchev–Trinajstić information content (AvgIpc) is 2.37. The molecule has 4 heteroatoms. The number of hydrogen-bond acceptors (Lipinski definition) is 3. The molecule has 0 aliphatic heterocycles. The number of carbonyl (C=O) groups is 2. The van der Waals surface area contributed by atoms with Crippen LogP contribution in [-0.2, 0) is 14.3 Å². The molecule has 2 rings (SSSR count). The lowest BCUT2D eigenvalue weighted by Crippen LogP contribution is -2.34. The Morgan fingerprint density at radius 1 is 0.900 bits per heavy atom. The Bertz CT molecular complexity index is 351. The van der Waals surface area contributed by atoms with Crippen molar-refractivity contribution in [3.63, 3.8) is 0 Å². The number of primary amides is 1. The summed E-state index contributed by atoms with van der Waals surface area (Å²) in [5, 5.41) is 0. The first kappa shape index (κ1) is 15.3. The van der Waals surface area contributed by atoms with E-state index < -0.39 is 0 Å². The molecule has 2 N–H and O–H groups in total. The molecule has 0 bridgehead atoms. The molecule has 0 spiro atoms. The highest BCUT2D eigenvalue weighted by molar-refractivity contribution is 5.77. The normalized spacial score (nSPS) is 38.2. The smallest absolute Gasteiger partial charge is 0.309 e. The molecule has 2 aliphatic carbocycles. The number of rotatable bonds is 3. The van der Waals surface area contributed by atoms with Gasteiger partial charge in [0.25, 0.3) is 0 Å². The van der Waals surface area contributed by atoms with E-state index >= 15 is 0 Å². The number of ether oxygens (including phenoxy) is 1. The maximum absolute atomic E-state index is 12.2. The number of esters is 1. The minimum absolute atomic E-state index is 0.0295. The van der Waals surface area contributed by atoms with Crippen molar-refractivity contribution in [2.75, 3.05) is 0 Å². The Morgan fingerprint density at radius 2 is 1.40 bits per heavy atom. The molecule has 0 aromatic carbocycles. The summed E-state index contributed by atoms with van der Waals surface area (Å²) in [5.41, 5.74) is 5.31. The first-order valence-electron chi connectivity index (χ1n) is 7.95. The van der Waals surface area contributed by atoms with Gasteiger partial charge < -0.3 is 10.5 Å². The van der Waals surface area contributed by atoms with E-state index in [1.165, 1.54) is 6.42 Å². The fourth-order valence-electron chi connectivity index (χ4n) is 3.84. The third-order valence-corrected chi connectivity index (χ3v) is 4.88. The van der Waals surface area contributed by atoms with Crippen LogP contribution in [0.3, 0.4) is 0 Å². The Hall–Kier alpha value is -1.06. The predicted octanol–water partition coefficient (Wildman–Crippen LogP) is 2.65. The van der Waals surface area contributed by atoms with E-state index in [0.29, 0.717) is 11.8 Å². The van der Waals surface area contributed by atoms with Crippen LogP contribution in [0.2, 0.25) is 0 Å². The molecule has 2 atom stereocenters. The fraction of sp³-hybridized carbons (Fsp3) is 0.875. The second-order valence-corrected chi connectivity index (χ2v) is 6.93. The molecule has 0 saturated heterocycles. The molecule has 114 valence electrons. The maximum atomic E-state index is 12.2. The summed E-state index contributed by atoms with van der Waals surface area (Å²) in [6.45, 7) is 4.46. The molecule has 0 heterocycles. The fourth-order valence-corrected chi connectivity index (χ4v) is 3.84. The molecule has 0 aromatic heterocycles. The van der Waals surface area contributed by atoms with E-state index in [2.05, 4.69) is 13.8 Å². The zero-order valence-electron chi connectivity index (χ0n) is 12.6. The van der Waals surface area contributed by atoms with Crippen molar-refractivity contribution in [3.8, 4) is 0 Å². The molecule has 0 aromatic rings. The van der Waals surface area contributed by atoms with Gasteiger partial charge in [-0.25, -0.2) is 0 Å². The van der Waals surface area contributed by atoms with Crippen LogP contribution in [0.15, 0.2) is 0 Å². The lowest BCUT2D eigenvalue weighted by molar-refractivity contribution is -0.159. The van der Waals surface area contributed by atoms with Gasteiger partial charge in [0.1, 0.15) is 6.10 Å². The van der Waals surface area contributed by atoms with E-state index in [1.54, 1.807) is 0 Å². The minimum atomic E-state index is -0.230. The molecule has 20 heavy (non-hydrogen) atoms. The third-order valence-electron chi connectivity index (χ3n) is 4.88. The van der Waals surface area contributed by atoms with Crippen molar-refractivity contribution in [1.82, 2.24) is 0 Å². The number of amides is 1. The molecule has 1 amide bonds. The number of nitrogens with two attached hydrogens (primary N) is 1. The number of hydrogen-bond donors (Lipinski definition) is 1. The minimum Gasteiger partial charge on any atom is -0.462 e. The predicted molar refractivity (Wildman–Crippen MR) is 76.7 cm³/mol. The van der Waals surface area contributed by atoms with Gasteiger partial charge in [0.2, 0.25) is 5.91 Å². The highest BCUT2D eigenvalue weighted by Crippen LogP contribution is 2.33. The van der Waals surface area contributed by atoms with Crippen LogP contribution in [-0.4, -0.2) is 18.0 Å². The van der Waals surface area contributed by atoms with Gasteiger partial charge in [-0.15, -0.1) is 0 Å². The summed E-state index contributed by atoms with van der Waals surface area (Å²) >= 11 is 0. The quantitative estimate of drug-likeness (QED) is 0.808. The standard InChI is InChI=1S/C16H27NO3/c1-10-7-11(2)9-14(8-10)20-16(19)13-5-3-12(4-6-13)15(17)18/h10-14H,3-9H2,1-2H3,(H2,17,18)/t10-,11-,12?,13?/m0/s1. The lowest BCUT2D eigenvalue weighted by Gasteiger charge is -2.33. The van der Waals surface area contributed by atoms with Crippen molar-refractivity contribution < 1.29 is 14.3 Å². The van der Waals surface area contributed by atoms with Crippen LogP contribution in [0.25, 0.3) is 0 Å². The van der Waals surface area contributed by atoms with Crippen LogP contribution < -0.4 is 5.73 Å². The van der Waals surface area contributed by atoms with Gasteiger partial charge in [-0.3, -0.25) is 9.59 Å². The van der Waals surface area contributed by atoms with Gasteiger partial charge in [-0.2, -0.15) is 0 Å². The second kappa shape index (κ2) is 6.59. The van der Waals surface area contributed by atoms with Gasteiger partial charge in [-0.1, -0.05) is 13.8 Å². The SMILES string of the molecule is C[C@@H]1CC(OC(=O)C2CCC(C(N)=O)CC2)C[C@@H](C)C1. The highest BCUT2D eigenvalue weighted by Gasteiger charge is 2.32. The second-order valence-electron chi connectivity index (χ2n) is 6.93. The Morgan fingerprint density at radius 3 is 1.90 bits per heavy atom. The Balaban J connectivity index is 1.79. The van der Waals surface area contributed by atoms with Crippen molar-refractivity contribution in [1.29, 1.82) is 0 Å². The molecule has 2 aliphatic rings. The van der Waals surface area contributed by atoms with Crippen molar-refractivity contribution in [2.24, 2.45) is 29.4 Å². The van der Waals surface area contributed by atoms with Gasteiger partial charge in [0.05, 0.1) is 5.92 Å². The first-order valence-corrected chi connectivity index (χ1v) is 7.95. The monoisotopic (exact) mass is 281 g/mol. The van der Waals surface area contributed by atoms with E-state index in [4.69, 9.17) is 10.5 Å². The average molecular weight is 281 g/mol. The molecule has 2 fully saturated rings. The summed E-state index contributed by atoms with van der Waals surface area (Å²) in [6, 6.07) is 0. The van der Waals surface area contributed by atoms with E-state index in [1.807, 2.05) is 0 Å². The molecular formula is C16H27NO3. The van der Waals surface area contributed by atoms with Crippen LogP contribution in [0, 0.1) is 23.7 Å². The summed E-state index contributed by atoms with van der Waals surface area (Å²) < 4.78 is 5.71. The zero-order valence-corrected chi connectivity index (χ0v) is 12.6. The molecular weight excluding hydrogens is 254 g/mol. The summed E-state index contributed by atoms with van der Waals surface area (Å²) in [5.74, 6) is 0.919. The first-order chi connectivity index (χ1) is 9.45. The summed E-state index contributed by atoms with van der Waals surface area (Å²) in [6.07, 6.45) is 6.25. The Kier molecular flexibility index (Phi) is 5.06. The largest absolute Gasteiger partial charge is 0.462 e. The number of carbonyl (C=O) groups excluding carboxylic acids is 2. The van der Waals surface area contributed by atoms with Crippen LogP contribution in [0.1, 0.15) is 58.8 Å². The summed E-state index contributed by atoms with van der Waals surface area (Å²) in [4.78, 5) is 23.3. The van der Waals surface area contributed by atoms with E-state index in [0.717, 1.165) is 38.5 Å². The zero-order chi connectivity index (χ0) is 14.7.